The normalized spacial score (nSPS) is 22.7. The Balaban J connectivity index is 1.39. The smallest absolute Gasteiger partial charge is 0.313 e. The Morgan fingerprint density at radius 2 is 2.00 bits per heavy atom. The number of nitrogen functional groups attached to an aromatic ring is 1. The molecule has 3 N–H and O–H groups in total. The van der Waals surface area contributed by atoms with Gasteiger partial charge in [0.25, 0.3) is 0 Å². The van der Waals surface area contributed by atoms with Crippen molar-refractivity contribution in [3.05, 3.63) is 47.2 Å². The lowest BCUT2D eigenvalue weighted by Gasteiger charge is -2.39. The van der Waals surface area contributed by atoms with E-state index in [0.717, 1.165) is 54.5 Å². The van der Waals surface area contributed by atoms with Crippen LogP contribution in [0, 0.1) is 11.3 Å². The number of carbonyl (C=O) groups excluding carboxylic acids is 3. The van der Waals surface area contributed by atoms with E-state index in [0.29, 0.717) is 30.4 Å². The first-order chi connectivity index (χ1) is 16.7. The average molecular weight is 476 g/mol. The molecule has 2 aromatic rings. The van der Waals surface area contributed by atoms with Gasteiger partial charge < -0.3 is 20.9 Å². The van der Waals surface area contributed by atoms with Crippen molar-refractivity contribution in [2.45, 2.75) is 58.4 Å². The Morgan fingerprint density at radius 1 is 1.23 bits per heavy atom. The number of benzene rings is 1. The molecule has 3 amide bonds. The van der Waals surface area contributed by atoms with Crippen molar-refractivity contribution >= 4 is 34.9 Å². The van der Waals surface area contributed by atoms with Gasteiger partial charge in [0.1, 0.15) is 5.82 Å². The highest BCUT2D eigenvalue weighted by atomic mass is 16.2. The maximum absolute atomic E-state index is 13.4. The van der Waals surface area contributed by atoms with Gasteiger partial charge in [0.15, 0.2) is 0 Å². The van der Waals surface area contributed by atoms with Crippen LogP contribution in [0.3, 0.4) is 0 Å². The van der Waals surface area contributed by atoms with Gasteiger partial charge in [0, 0.05) is 19.3 Å². The number of pyridine rings is 1. The summed E-state index contributed by atoms with van der Waals surface area (Å²) in [6.45, 7) is 4.59. The first kappa shape index (κ1) is 23.3. The second-order valence-corrected chi connectivity index (χ2v) is 10.4. The number of carbonyl (C=O) groups is 3. The van der Waals surface area contributed by atoms with Gasteiger partial charge in [-0.15, -0.1) is 0 Å². The van der Waals surface area contributed by atoms with Crippen LogP contribution in [0.1, 0.15) is 62.3 Å². The highest BCUT2D eigenvalue weighted by Crippen LogP contribution is 2.54. The lowest BCUT2D eigenvalue weighted by atomic mass is 9.85. The summed E-state index contributed by atoms with van der Waals surface area (Å²) >= 11 is 0. The molecule has 1 unspecified atom stereocenters. The fourth-order valence-corrected chi connectivity index (χ4v) is 5.64. The SMILES string of the molecule is CCc1cc(NC(=O)C(=O)N2C[C@@H](C)CCC2c2ccc3c(c2)CC2(CC2)C(=O)N3C)cnc1N. The van der Waals surface area contributed by atoms with Gasteiger partial charge in [-0.25, -0.2) is 4.98 Å². The maximum Gasteiger partial charge on any atom is 0.313 e. The number of amides is 3. The van der Waals surface area contributed by atoms with Crippen LogP contribution in [0.2, 0.25) is 0 Å². The molecule has 1 spiro atoms. The van der Waals surface area contributed by atoms with Crippen molar-refractivity contribution in [1.29, 1.82) is 0 Å². The zero-order valence-corrected chi connectivity index (χ0v) is 20.6. The molecule has 1 aromatic heterocycles. The number of likely N-dealkylation sites (tertiary alicyclic amines) is 1. The van der Waals surface area contributed by atoms with E-state index < -0.39 is 11.8 Å². The number of hydrogen-bond acceptors (Lipinski definition) is 5. The first-order valence-corrected chi connectivity index (χ1v) is 12.5. The summed E-state index contributed by atoms with van der Waals surface area (Å²) < 4.78 is 0. The minimum atomic E-state index is -0.669. The van der Waals surface area contributed by atoms with Crippen LogP contribution >= 0.6 is 0 Å². The Morgan fingerprint density at radius 3 is 2.71 bits per heavy atom. The predicted octanol–water partition coefficient (Wildman–Crippen LogP) is 3.46. The molecule has 2 aliphatic heterocycles. The van der Waals surface area contributed by atoms with Crippen LogP contribution in [-0.2, 0) is 27.2 Å². The van der Waals surface area contributed by atoms with Gasteiger partial charge in [0.2, 0.25) is 5.91 Å². The summed E-state index contributed by atoms with van der Waals surface area (Å²) in [5.74, 6) is -0.266. The Bertz CT molecular complexity index is 1210. The summed E-state index contributed by atoms with van der Waals surface area (Å²) in [6.07, 6.45) is 6.56. The minimum absolute atomic E-state index is 0.177. The number of nitrogens with zero attached hydrogens (tertiary/aromatic N) is 3. The highest BCUT2D eigenvalue weighted by Gasteiger charge is 2.54. The molecule has 2 fully saturated rings. The molecule has 2 atom stereocenters. The van der Waals surface area contributed by atoms with Crippen LogP contribution in [0.4, 0.5) is 17.2 Å². The summed E-state index contributed by atoms with van der Waals surface area (Å²) in [7, 11) is 1.85. The minimum Gasteiger partial charge on any atom is -0.383 e. The second kappa shape index (κ2) is 8.66. The Hall–Kier alpha value is -3.42. The Labute approximate surface area is 205 Å². The van der Waals surface area contributed by atoms with Crippen molar-refractivity contribution in [2.75, 3.05) is 29.5 Å². The van der Waals surface area contributed by atoms with Crippen molar-refractivity contribution < 1.29 is 14.4 Å². The van der Waals surface area contributed by atoms with E-state index in [9.17, 15) is 14.4 Å². The lowest BCUT2D eigenvalue weighted by molar-refractivity contribution is -0.146. The van der Waals surface area contributed by atoms with E-state index in [4.69, 9.17) is 5.73 Å². The predicted molar refractivity (Wildman–Crippen MR) is 135 cm³/mol. The molecule has 184 valence electrons. The topological polar surface area (TPSA) is 109 Å². The van der Waals surface area contributed by atoms with Crippen molar-refractivity contribution in [1.82, 2.24) is 9.88 Å². The van der Waals surface area contributed by atoms with Gasteiger partial charge in [0.05, 0.1) is 23.3 Å². The van der Waals surface area contributed by atoms with E-state index in [-0.39, 0.29) is 17.4 Å². The molecule has 1 saturated heterocycles. The third kappa shape index (κ3) is 4.15. The Kier molecular flexibility index (Phi) is 5.77. The molecule has 0 radical (unpaired) electrons. The first-order valence-electron chi connectivity index (χ1n) is 12.5. The number of aryl methyl sites for hydroxylation is 1. The number of anilines is 3. The van der Waals surface area contributed by atoms with Crippen LogP contribution in [0.25, 0.3) is 0 Å². The van der Waals surface area contributed by atoms with Crippen LogP contribution in [0.5, 0.6) is 0 Å². The lowest BCUT2D eigenvalue weighted by Crippen LogP contribution is -2.46. The van der Waals surface area contributed by atoms with Crippen LogP contribution in [0.15, 0.2) is 30.5 Å². The maximum atomic E-state index is 13.4. The monoisotopic (exact) mass is 475 g/mol. The fraction of sp³-hybridized carbons (Fsp3) is 0.481. The molecule has 5 rings (SSSR count). The molecule has 1 aliphatic carbocycles. The molecule has 8 nitrogen and oxygen atoms in total. The van der Waals surface area contributed by atoms with Crippen LogP contribution in [-0.4, -0.2) is 41.2 Å². The van der Waals surface area contributed by atoms with E-state index in [1.807, 2.05) is 26.1 Å². The number of hydrogen-bond donors (Lipinski definition) is 2. The van der Waals surface area contributed by atoms with E-state index in [2.05, 4.69) is 23.3 Å². The highest BCUT2D eigenvalue weighted by molar-refractivity contribution is 6.39. The molecule has 8 heteroatoms. The van der Waals surface area contributed by atoms with E-state index >= 15 is 0 Å². The fourth-order valence-electron chi connectivity index (χ4n) is 5.64. The number of fused-ring (bicyclic) bond motifs is 1. The quantitative estimate of drug-likeness (QED) is 0.661. The molecule has 35 heavy (non-hydrogen) atoms. The van der Waals surface area contributed by atoms with Gasteiger partial charge in [-0.1, -0.05) is 26.0 Å². The summed E-state index contributed by atoms with van der Waals surface area (Å²) in [6, 6.07) is 7.73. The van der Waals surface area contributed by atoms with Gasteiger partial charge >= 0.3 is 11.8 Å². The third-order valence-corrected chi connectivity index (χ3v) is 7.90. The molecule has 1 aromatic carbocycles. The van der Waals surface area contributed by atoms with Crippen molar-refractivity contribution in [3.8, 4) is 0 Å². The zero-order valence-electron chi connectivity index (χ0n) is 20.6. The summed E-state index contributed by atoms with van der Waals surface area (Å²) in [4.78, 5) is 46.7. The average Bonchev–Trinajstić information content (AvgIpc) is 3.63. The van der Waals surface area contributed by atoms with E-state index in [1.165, 1.54) is 6.20 Å². The number of nitrogens with two attached hydrogens (primary N) is 1. The number of nitrogens with one attached hydrogen (secondary N) is 1. The third-order valence-electron chi connectivity index (χ3n) is 7.90. The number of rotatable bonds is 3. The molecule has 1 saturated carbocycles. The second-order valence-electron chi connectivity index (χ2n) is 10.4. The molecular weight excluding hydrogens is 442 g/mol. The summed E-state index contributed by atoms with van der Waals surface area (Å²) in [5, 5.41) is 2.72. The van der Waals surface area contributed by atoms with Crippen LogP contribution < -0.4 is 16.0 Å². The zero-order chi connectivity index (χ0) is 24.9. The number of piperidine rings is 1. The molecule has 0 bridgehead atoms. The van der Waals surface area contributed by atoms with Gasteiger partial charge in [-0.05, 0) is 73.3 Å². The van der Waals surface area contributed by atoms with Gasteiger partial charge in [-0.3, -0.25) is 14.4 Å². The van der Waals surface area contributed by atoms with Crippen molar-refractivity contribution in [3.63, 3.8) is 0 Å². The summed E-state index contributed by atoms with van der Waals surface area (Å²) in [5.41, 5.74) is 10.0. The molecule has 3 heterocycles. The largest absolute Gasteiger partial charge is 0.383 e. The number of aromatic nitrogens is 1. The van der Waals surface area contributed by atoms with E-state index in [1.54, 1.807) is 15.9 Å². The van der Waals surface area contributed by atoms with Crippen molar-refractivity contribution in [2.24, 2.45) is 11.3 Å². The van der Waals surface area contributed by atoms with Gasteiger partial charge in [-0.2, -0.15) is 0 Å². The molecular formula is C27H33N5O3. The standard InChI is InChI=1S/C27H33N5O3/c1-4-17-12-20(14-29-23(17)28)30-24(33)25(34)32-15-16(2)5-7-22(32)18-6-8-21-19(11-18)13-27(9-10-27)26(35)31(21)3/h6,8,11-12,14,16,22H,4-5,7,9-10,13,15H2,1-3H3,(H2,28,29)(H,30,33)/t16-,22?/m0/s1. The molecule has 3 aliphatic rings.